The van der Waals surface area contributed by atoms with Crippen molar-refractivity contribution in [3.8, 4) is 0 Å². The van der Waals surface area contributed by atoms with Gasteiger partial charge in [0.2, 0.25) is 0 Å². The fraction of sp³-hybridized carbons (Fsp3) is 0.800. The number of nitrogens with one attached hydrogen (secondary N) is 1. The van der Waals surface area contributed by atoms with Crippen LogP contribution in [0.1, 0.15) is 32.5 Å². The van der Waals surface area contributed by atoms with Crippen LogP contribution < -0.4 is 5.32 Å². The van der Waals surface area contributed by atoms with Gasteiger partial charge >= 0.3 is 0 Å². The van der Waals surface area contributed by atoms with Gasteiger partial charge in [-0.2, -0.15) is 0 Å². The molecule has 1 aliphatic carbocycles. The van der Waals surface area contributed by atoms with Gasteiger partial charge in [0.15, 0.2) is 0 Å². The Labute approximate surface area is 84.7 Å². The third-order valence-electron chi connectivity index (χ3n) is 3.46. The maximum Gasteiger partial charge on any atom is 0.146 e. The molecule has 0 amide bonds. The second kappa shape index (κ2) is 3.35. The van der Waals surface area contributed by atoms with Crippen molar-refractivity contribution in [3.05, 3.63) is 12.2 Å². The molecular formula is C10H18N4. The third kappa shape index (κ3) is 1.80. The van der Waals surface area contributed by atoms with Gasteiger partial charge in [-0.1, -0.05) is 6.92 Å². The van der Waals surface area contributed by atoms with Gasteiger partial charge in [0.25, 0.3) is 0 Å². The molecule has 2 rings (SSSR count). The molecule has 0 saturated heterocycles. The Morgan fingerprint density at radius 3 is 2.86 bits per heavy atom. The lowest BCUT2D eigenvalue weighted by Gasteiger charge is -2.19. The van der Waals surface area contributed by atoms with Crippen LogP contribution in [0.15, 0.2) is 6.33 Å². The summed E-state index contributed by atoms with van der Waals surface area (Å²) in [5.41, 5.74) is 0.526. The quantitative estimate of drug-likeness (QED) is 0.780. The Morgan fingerprint density at radius 1 is 1.64 bits per heavy atom. The average Bonchev–Trinajstić information content (AvgIpc) is 2.77. The van der Waals surface area contributed by atoms with E-state index >= 15 is 0 Å². The molecule has 1 N–H and O–H groups in total. The van der Waals surface area contributed by atoms with Crippen molar-refractivity contribution >= 4 is 0 Å². The number of hydrogen-bond donors (Lipinski definition) is 1. The molecule has 4 heteroatoms. The first kappa shape index (κ1) is 9.65. The standard InChI is InChI=1S/C10H18N4/c1-8(10(2)4-5-10)11-6-9-13-12-7-14(9)3/h7-8,11H,4-6H2,1-3H3. The van der Waals surface area contributed by atoms with Crippen LogP contribution >= 0.6 is 0 Å². The zero-order chi connectivity index (χ0) is 10.2. The molecule has 1 saturated carbocycles. The Morgan fingerprint density at radius 2 is 2.36 bits per heavy atom. The largest absolute Gasteiger partial charge is 0.320 e. The highest BCUT2D eigenvalue weighted by molar-refractivity contribution is 4.97. The zero-order valence-electron chi connectivity index (χ0n) is 9.12. The van der Waals surface area contributed by atoms with Gasteiger partial charge in [0.1, 0.15) is 12.2 Å². The summed E-state index contributed by atoms with van der Waals surface area (Å²) in [4.78, 5) is 0. The SMILES string of the molecule is CC(NCc1nncn1C)C1(C)CC1. The molecule has 0 aliphatic heterocycles. The first-order valence-corrected chi connectivity index (χ1v) is 5.18. The van der Waals surface area contributed by atoms with E-state index in [0.717, 1.165) is 12.4 Å². The van der Waals surface area contributed by atoms with Crippen molar-refractivity contribution < 1.29 is 0 Å². The molecule has 0 aromatic carbocycles. The lowest BCUT2D eigenvalue weighted by Crippen LogP contribution is -2.33. The Bertz CT molecular complexity index is 314. The van der Waals surface area contributed by atoms with Crippen LogP contribution in [0.5, 0.6) is 0 Å². The number of hydrogen-bond acceptors (Lipinski definition) is 3. The molecule has 4 nitrogen and oxygen atoms in total. The molecular weight excluding hydrogens is 176 g/mol. The van der Waals surface area contributed by atoms with Gasteiger partial charge in [0.05, 0.1) is 6.54 Å². The molecule has 1 aliphatic rings. The van der Waals surface area contributed by atoms with Crippen LogP contribution in [0, 0.1) is 5.41 Å². The summed E-state index contributed by atoms with van der Waals surface area (Å²) in [5, 5.41) is 11.4. The summed E-state index contributed by atoms with van der Waals surface area (Å²) >= 11 is 0. The van der Waals surface area contributed by atoms with Gasteiger partial charge in [-0.25, -0.2) is 0 Å². The third-order valence-corrected chi connectivity index (χ3v) is 3.46. The van der Waals surface area contributed by atoms with Gasteiger partial charge in [-0.3, -0.25) is 0 Å². The molecule has 1 atom stereocenters. The van der Waals surface area contributed by atoms with Gasteiger partial charge < -0.3 is 9.88 Å². The molecule has 1 heterocycles. The minimum absolute atomic E-state index is 0.526. The average molecular weight is 194 g/mol. The van der Waals surface area contributed by atoms with E-state index in [0.29, 0.717) is 11.5 Å². The predicted molar refractivity (Wildman–Crippen MR) is 54.6 cm³/mol. The number of rotatable bonds is 4. The maximum atomic E-state index is 4.04. The first-order valence-electron chi connectivity index (χ1n) is 5.18. The highest BCUT2D eigenvalue weighted by Gasteiger charge is 2.42. The van der Waals surface area contributed by atoms with Crippen LogP contribution in [-0.4, -0.2) is 20.8 Å². The van der Waals surface area contributed by atoms with Crippen molar-refractivity contribution in [3.63, 3.8) is 0 Å². The minimum atomic E-state index is 0.526. The molecule has 0 spiro atoms. The van der Waals surface area contributed by atoms with Crippen LogP contribution in [0.25, 0.3) is 0 Å². The van der Waals surface area contributed by atoms with Crippen molar-refractivity contribution in [1.29, 1.82) is 0 Å². The van der Waals surface area contributed by atoms with E-state index in [-0.39, 0.29) is 0 Å². The predicted octanol–water partition coefficient (Wildman–Crippen LogP) is 1.09. The number of aromatic nitrogens is 3. The van der Waals surface area contributed by atoms with E-state index in [4.69, 9.17) is 0 Å². The first-order chi connectivity index (χ1) is 6.62. The molecule has 1 aromatic rings. The molecule has 1 fully saturated rings. The van der Waals surface area contributed by atoms with Crippen molar-refractivity contribution in [2.75, 3.05) is 0 Å². The molecule has 0 radical (unpaired) electrons. The molecule has 1 aromatic heterocycles. The normalized spacial score (nSPS) is 20.8. The maximum absolute atomic E-state index is 4.04. The summed E-state index contributed by atoms with van der Waals surface area (Å²) in [6.07, 6.45) is 4.43. The summed E-state index contributed by atoms with van der Waals surface area (Å²) in [7, 11) is 1.97. The molecule has 1 unspecified atom stereocenters. The van der Waals surface area contributed by atoms with Crippen LogP contribution in [0.4, 0.5) is 0 Å². The van der Waals surface area contributed by atoms with E-state index in [1.54, 1.807) is 6.33 Å². The van der Waals surface area contributed by atoms with Crippen LogP contribution in [0.3, 0.4) is 0 Å². The van der Waals surface area contributed by atoms with Crippen LogP contribution in [0.2, 0.25) is 0 Å². The highest BCUT2D eigenvalue weighted by atomic mass is 15.3. The van der Waals surface area contributed by atoms with Crippen molar-refractivity contribution in [1.82, 2.24) is 20.1 Å². The lowest BCUT2D eigenvalue weighted by molar-refractivity contribution is 0.374. The fourth-order valence-corrected chi connectivity index (χ4v) is 1.59. The summed E-state index contributed by atoms with van der Waals surface area (Å²) in [5.74, 6) is 1.00. The Hall–Kier alpha value is -0.900. The van der Waals surface area contributed by atoms with Crippen LogP contribution in [-0.2, 0) is 13.6 Å². The Balaban J connectivity index is 1.85. The number of aryl methyl sites for hydroxylation is 1. The molecule has 78 valence electrons. The summed E-state index contributed by atoms with van der Waals surface area (Å²) in [6, 6.07) is 0.569. The molecule has 14 heavy (non-hydrogen) atoms. The van der Waals surface area contributed by atoms with Gasteiger partial charge in [0, 0.05) is 13.1 Å². The van der Waals surface area contributed by atoms with Gasteiger partial charge in [-0.05, 0) is 25.2 Å². The monoisotopic (exact) mass is 194 g/mol. The zero-order valence-corrected chi connectivity index (χ0v) is 9.12. The smallest absolute Gasteiger partial charge is 0.146 e. The van der Waals surface area contributed by atoms with E-state index in [1.807, 2.05) is 11.6 Å². The second-order valence-electron chi connectivity index (χ2n) is 4.61. The molecule has 0 bridgehead atoms. The summed E-state index contributed by atoms with van der Waals surface area (Å²) in [6.45, 7) is 5.40. The minimum Gasteiger partial charge on any atom is -0.320 e. The lowest BCUT2D eigenvalue weighted by atomic mass is 10.0. The van der Waals surface area contributed by atoms with Crippen molar-refractivity contribution in [2.45, 2.75) is 39.3 Å². The number of nitrogens with zero attached hydrogens (tertiary/aromatic N) is 3. The second-order valence-corrected chi connectivity index (χ2v) is 4.61. The van der Waals surface area contributed by atoms with Crippen molar-refractivity contribution in [2.24, 2.45) is 12.5 Å². The van der Waals surface area contributed by atoms with Gasteiger partial charge in [-0.15, -0.1) is 10.2 Å². The highest BCUT2D eigenvalue weighted by Crippen LogP contribution is 2.47. The van der Waals surface area contributed by atoms with E-state index in [9.17, 15) is 0 Å². The summed E-state index contributed by atoms with van der Waals surface area (Å²) < 4.78 is 1.95. The topological polar surface area (TPSA) is 42.7 Å². The van der Waals surface area contributed by atoms with E-state index < -0.39 is 0 Å². The Kier molecular flexibility index (Phi) is 2.31. The van der Waals surface area contributed by atoms with E-state index in [1.165, 1.54) is 12.8 Å². The fourth-order valence-electron chi connectivity index (χ4n) is 1.59. The van der Waals surface area contributed by atoms with E-state index in [2.05, 4.69) is 29.4 Å².